The molecule has 1 amide bonds. The van der Waals surface area contributed by atoms with Crippen molar-refractivity contribution in [2.75, 3.05) is 19.8 Å². The number of nitrogens with zero attached hydrogens (tertiary/aromatic N) is 2. The van der Waals surface area contributed by atoms with Crippen LogP contribution < -0.4 is 15.0 Å². The summed E-state index contributed by atoms with van der Waals surface area (Å²) in [4.78, 5) is 34.4. The maximum Gasteiger partial charge on any atom is 0.258 e. The van der Waals surface area contributed by atoms with Crippen molar-refractivity contribution in [2.45, 2.75) is 34.2 Å². The van der Waals surface area contributed by atoms with E-state index in [1.807, 2.05) is 19.9 Å². The lowest BCUT2D eigenvalue weighted by Gasteiger charge is -2.21. The van der Waals surface area contributed by atoms with Crippen molar-refractivity contribution >= 4 is 16.8 Å². The Hall–Kier alpha value is -3.35. The zero-order chi connectivity index (χ0) is 22.4. The second-order valence-corrected chi connectivity index (χ2v) is 7.65. The van der Waals surface area contributed by atoms with Crippen LogP contribution in [0.1, 0.15) is 43.9 Å². The molecule has 1 N–H and O–H groups in total. The molecule has 0 bridgehead atoms. The molecule has 3 rings (SSSR count). The van der Waals surface area contributed by atoms with Gasteiger partial charge in [0.05, 0.1) is 30.7 Å². The predicted molar refractivity (Wildman–Crippen MR) is 121 cm³/mol. The van der Waals surface area contributed by atoms with Crippen LogP contribution in [0, 0.1) is 5.92 Å². The lowest BCUT2D eigenvalue weighted by molar-refractivity contribution is 0.0748. The Morgan fingerprint density at radius 1 is 1.10 bits per heavy atom. The third kappa shape index (κ3) is 5.42. The van der Waals surface area contributed by atoms with E-state index >= 15 is 0 Å². The fourth-order valence-corrected chi connectivity index (χ4v) is 3.19. The van der Waals surface area contributed by atoms with E-state index in [4.69, 9.17) is 9.47 Å². The molecule has 1 heterocycles. The largest absolute Gasteiger partial charge is 0.490 e. The number of amides is 1. The Labute approximate surface area is 182 Å². The monoisotopic (exact) mass is 423 g/mol. The molecule has 0 unspecified atom stereocenters. The number of ether oxygens (including phenoxy) is 2. The summed E-state index contributed by atoms with van der Waals surface area (Å²) in [6, 6.07) is 12.4. The minimum Gasteiger partial charge on any atom is -0.490 e. The highest BCUT2D eigenvalue weighted by Crippen LogP contribution is 2.29. The molecule has 1 aromatic heterocycles. The highest BCUT2D eigenvalue weighted by atomic mass is 16.5. The molecule has 0 radical (unpaired) electrons. The number of carbonyl (C=O) groups is 1. The summed E-state index contributed by atoms with van der Waals surface area (Å²) in [6.07, 6.45) is 0. The molecule has 0 spiro atoms. The fraction of sp³-hybridized carbons (Fsp3) is 0.375. The minimum absolute atomic E-state index is 0.172. The van der Waals surface area contributed by atoms with E-state index in [2.05, 4.69) is 23.8 Å². The van der Waals surface area contributed by atoms with Crippen LogP contribution in [-0.4, -0.2) is 40.5 Å². The summed E-state index contributed by atoms with van der Waals surface area (Å²) in [7, 11) is 0. The van der Waals surface area contributed by atoms with Crippen LogP contribution in [0.2, 0.25) is 0 Å². The molecule has 7 heteroatoms. The highest BCUT2D eigenvalue weighted by Gasteiger charge is 2.19. The van der Waals surface area contributed by atoms with Gasteiger partial charge in [-0.1, -0.05) is 26.0 Å². The topological polar surface area (TPSA) is 84.5 Å². The molecule has 0 fully saturated rings. The Morgan fingerprint density at radius 2 is 1.87 bits per heavy atom. The lowest BCUT2D eigenvalue weighted by Crippen LogP contribution is -2.32. The maximum absolute atomic E-state index is 13.2. The first-order chi connectivity index (χ1) is 14.9. The smallest absolute Gasteiger partial charge is 0.258 e. The molecule has 164 valence electrons. The fourth-order valence-electron chi connectivity index (χ4n) is 3.19. The van der Waals surface area contributed by atoms with Gasteiger partial charge in [0.2, 0.25) is 0 Å². The van der Waals surface area contributed by atoms with Gasteiger partial charge in [-0.2, -0.15) is 0 Å². The third-order valence-electron chi connectivity index (χ3n) is 4.73. The van der Waals surface area contributed by atoms with Gasteiger partial charge < -0.3 is 19.4 Å². The molecule has 0 atom stereocenters. The quantitative estimate of drug-likeness (QED) is 0.562. The zero-order valence-electron chi connectivity index (χ0n) is 18.5. The molecule has 0 saturated heterocycles. The average Bonchev–Trinajstić information content (AvgIpc) is 2.76. The molecular formula is C24H29N3O4. The van der Waals surface area contributed by atoms with Crippen molar-refractivity contribution in [1.29, 1.82) is 0 Å². The van der Waals surface area contributed by atoms with Crippen LogP contribution in [0.3, 0.4) is 0 Å². The van der Waals surface area contributed by atoms with Gasteiger partial charge in [0.15, 0.2) is 11.5 Å². The van der Waals surface area contributed by atoms with Gasteiger partial charge in [-0.3, -0.25) is 9.59 Å². The molecule has 2 aromatic carbocycles. The normalized spacial score (nSPS) is 11.0. The summed E-state index contributed by atoms with van der Waals surface area (Å²) < 4.78 is 11.5. The molecule has 0 aliphatic carbocycles. The predicted octanol–water partition coefficient (Wildman–Crippen LogP) is 4.02. The second-order valence-electron chi connectivity index (χ2n) is 7.65. The maximum atomic E-state index is 13.2. The van der Waals surface area contributed by atoms with Crippen molar-refractivity contribution in [3.05, 3.63) is 64.2 Å². The van der Waals surface area contributed by atoms with Gasteiger partial charge in [-0.15, -0.1) is 0 Å². The first kappa shape index (κ1) is 22.3. The van der Waals surface area contributed by atoms with E-state index in [9.17, 15) is 9.59 Å². The van der Waals surface area contributed by atoms with E-state index in [1.54, 1.807) is 41.3 Å². The summed E-state index contributed by atoms with van der Waals surface area (Å²) in [5.41, 5.74) is 0.884. The van der Waals surface area contributed by atoms with E-state index in [0.29, 0.717) is 59.5 Å². The Bertz CT molecular complexity index is 1110. The number of hydrogen-bond donors (Lipinski definition) is 1. The second kappa shape index (κ2) is 10.1. The van der Waals surface area contributed by atoms with Crippen LogP contribution in [0.25, 0.3) is 10.9 Å². The number of aromatic amines is 1. The SMILES string of the molecule is CCOc1cc(C(=O)N(CC)Cc2nc3ccccc3c(=O)[nH]2)ccc1OCC(C)C. The Balaban J connectivity index is 1.84. The molecule has 3 aromatic rings. The van der Waals surface area contributed by atoms with Crippen molar-refractivity contribution in [1.82, 2.24) is 14.9 Å². The summed E-state index contributed by atoms with van der Waals surface area (Å²) >= 11 is 0. The first-order valence-electron chi connectivity index (χ1n) is 10.6. The lowest BCUT2D eigenvalue weighted by atomic mass is 10.1. The number of fused-ring (bicyclic) bond motifs is 1. The van der Waals surface area contributed by atoms with Gasteiger partial charge in [0.1, 0.15) is 5.82 Å². The Morgan fingerprint density at radius 3 is 2.58 bits per heavy atom. The van der Waals surface area contributed by atoms with Crippen LogP contribution in [0.4, 0.5) is 0 Å². The minimum atomic E-state index is -0.214. The average molecular weight is 424 g/mol. The number of nitrogens with one attached hydrogen (secondary N) is 1. The molecule has 0 saturated carbocycles. The van der Waals surface area contributed by atoms with Gasteiger partial charge in [0.25, 0.3) is 11.5 Å². The van der Waals surface area contributed by atoms with Crippen molar-refractivity contribution in [3.8, 4) is 11.5 Å². The van der Waals surface area contributed by atoms with Crippen LogP contribution in [0.5, 0.6) is 11.5 Å². The summed E-state index contributed by atoms with van der Waals surface area (Å²) in [6.45, 7) is 9.62. The molecule has 7 nitrogen and oxygen atoms in total. The highest BCUT2D eigenvalue weighted by molar-refractivity contribution is 5.95. The molecule has 0 aliphatic rings. The molecule has 31 heavy (non-hydrogen) atoms. The first-order valence-corrected chi connectivity index (χ1v) is 10.6. The van der Waals surface area contributed by atoms with Gasteiger partial charge in [-0.05, 0) is 50.1 Å². The van der Waals surface area contributed by atoms with E-state index in [1.165, 1.54) is 0 Å². The number of H-pyrrole nitrogens is 1. The van der Waals surface area contributed by atoms with Crippen LogP contribution >= 0.6 is 0 Å². The van der Waals surface area contributed by atoms with Gasteiger partial charge in [-0.25, -0.2) is 4.98 Å². The van der Waals surface area contributed by atoms with E-state index in [-0.39, 0.29) is 18.0 Å². The van der Waals surface area contributed by atoms with E-state index in [0.717, 1.165) is 0 Å². The summed E-state index contributed by atoms with van der Waals surface area (Å²) in [5.74, 6) is 1.82. The van der Waals surface area contributed by atoms with Crippen molar-refractivity contribution in [2.24, 2.45) is 5.92 Å². The number of aromatic nitrogens is 2. The van der Waals surface area contributed by atoms with Crippen LogP contribution in [0.15, 0.2) is 47.3 Å². The van der Waals surface area contributed by atoms with Crippen LogP contribution in [-0.2, 0) is 6.54 Å². The van der Waals surface area contributed by atoms with E-state index < -0.39 is 0 Å². The number of para-hydroxylation sites is 1. The van der Waals surface area contributed by atoms with Gasteiger partial charge >= 0.3 is 0 Å². The number of carbonyl (C=O) groups excluding carboxylic acids is 1. The van der Waals surface area contributed by atoms with Gasteiger partial charge in [0, 0.05) is 12.1 Å². The third-order valence-corrected chi connectivity index (χ3v) is 4.73. The number of rotatable bonds is 9. The molecule has 0 aliphatic heterocycles. The Kier molecular flexibility index (Phi) is 7.28. The van der Waals surface area contributed by atoms with Crippen molar-refractivity contribution < 1.29 is 14.3 Å². The number of benzene rings is 2. The molecular weight excluding hydrogens is 394 g/mol. The number of hydrogen-bond acceptors (Lipinski definition) is 5. The zero-order valence-corrected chi connectivity index (χ0v) is 18.5. The van der Waals surface area contributed by atoms with Crippen molar-refractivity contribution in [3.63, 3.8) is 0 Å². The summed E-state index contributed by atoms with van der Waals surface area (Å²) in [5, 5.41) is 0.527. The standard InChI is InChI=1S/C24H29N3O4/c1-5-27(14-22-25-19-10-8-7-9-18(19)23(28)26-22)24(29)17-11-12-20(31-15-16(3)4)21(13-17)30-6-2/h7-13,16H,5-6,14-15H2,1-4H3,(H,25,26,28).